The van der Waals surface area contributed by atoms with Gasteiger partial charge in [0.15, 0.2) is 5.78 Å². The Kier molecular flexibility index (Phi) is 4.40. The normalized spacial score (nSPS) is 16.2. The van der Waals surface area contributed by atoms with E-state index in [1.807, 2.05) is 18.2 Å². The van der Waals surface area contributed by atoms with E-state index in [1.165, 1.54) is 12.8 Å². The lowest BCUT2D eigenvalue weighted by Crippen LogP contribution is -2.12. The molecular weight excluding hydrogens is 224 g/mol. The fourth-order valence-electron chi connectivity index (χ4n) is 2.53. The van der Waals surface area contributed by atoms with E-state index in [2.05, 4.69) is 13.8 Å². The number of hydrogen-bond acceptors (Lipinski definition) is 2. The third-order valence-corrected chi connectivity index (χ3v) is 3.54. The molecule has 2 heteroatoms. The standard InChI is InChI=1S/C16H22O2/c1-3-5-12(2)11-18-14-8-9-15-13(10-14)6-4-7-16(15)17/h8-10,12H,3-7,11H2,1-2H3. The molecule has 0 aliphatic heterocycles. The van der Waals surface area contributed by atoms with Gasteiger partial charge in [-0.05, 0) is 48.9 Å². The van der Waals surface area contributed by atoms with E-state index in [9.17, 15) is 4.79 Å². The van der Waals surface area contributed by atoms with E-state index in [-0.39, 0.29) is 5.78 Å². The van der Waals surface area contributed by atoms with Gasteiger partial charge in [-0.1, -0.05) is 20.3 Å². The highest BCUT2D eigenvalue weighted by atomic mass is 16.5. The number of ether oxygens (including phenoxy) is 1. The average molecular weight is 246 g/mol. The second-order valence-corrected chi connectivity index (χ2v) is 5.30. The number of rotatable bonds is 5. The molecule has 0 spiro atoms. The summed E-state index contributed by atoms with van der Waals surface area (Å²) >= 11 is 0. The van der Waals surface area contributed by atoms with Gasteiger partial charge in [-0.15, -0.1) is 0 Å². The van der Waals surface area contributed by atoms with E-state index < -0.39 is 0 Å². The van der Waals surface area contributed by atoms with Gasteiger partial charge in [-0.25, -0.2) is 0 Å². The van der Waals surface area contributed by atoms with Crippen LogP contribution < -0.4 is 4.74 Å². The third-order valence-electron chi connectivity index (χ3n) is 3.54. The summed E-state index contributed by atoms with van der Waals surface area (Å²) in [5.74, 6) is 1.78. The molecule has 0 radical (unpaired) electrons. The highest BCUT2D eigenvalue weighted by Gasteiger charge is 2.17. The summed E-state index contributed by atoms with van der Waals surface area (Å²) in [5.41, 5.74) is 2.06. The zero-order chi connectivity index (χ0) is 13.0. The first-order chi connectivity index (χ1) is 8.70. The van der Waals surface area contributed by atoms with Gasteiger partial charge in [-0.3, -0.25) is 4.79 Å². The van der Waals surface area contributed by atoms with Gasteiger partial charge in [0.25, 0.3) is 0 Å². The summed E-state index contributed by atoms with van der Waals surface area (Å²) in [4.78, 5) is 11.7. The Morgan fingerprint density at radius 2 is 2.17 bits per heavy atom. The molecule has 0 saturated heterocycles. The minimum absolute atomic E-state index is 0.280. The van der Waals surface area contributed by atoms with E-state index >= 15 is 0 Å². The van der Waals surface area contributed by atoms with E-state index in [0.717, 1.165) is 36.3 Å². The maximum Gasteiger partial charge on any atom is 0.163 e. The smallest absolute Gasteiger partial charge is 0.163 e. The number of carbonyl (C=O) groups is 1. The Bertz CT molecular complexity index is 423. The molecule has 2 rings (SSSR count). The highest BCUT2D eigenvalue weighted by molar-refractivity contribution is 5.98. The van der Waals surface area contributed by atoms with Crippen molar-refractivity contribution < 1.29 is 9.53 Å². The summed E-state index contributed by atoms with van der Waals surface area (Å²) < 4.78 is 5.81. The lowest BCUT2D eigenvalue weighted by molar-refractivity contribution is 0.0972. The van der Waals surface area contributed by atoms with E-state index in [0.29, 0.717) is 12.3 Å². The molecule has 0 aromatic heterocycles. The number of ketones is 1. The first-order valence-corrected chi connectivity index (χ1v) is 6.99. The molecule has 0 N–H and O–H groups in total. The molecule has 0 amide bonds. The van der Waals surface area contributed by atoms with Gasteiger partial charge < -0.3 is 4.74 Å². The number of hydrogen-bond donors (Lipinski definition) is 0. The monoisotopic (exact) mass is 246 g/mol. The number of benzene rings is 1. The van der Waals surface area contributed by atoms with Crippen molar-refractivity contribution in [3.8, 4) is 5.75 Å². The fraction of sp³-hybridized carbons (Fsp3) is 0.562. The molecule has 0 bridgehead atoms. The number of aryl methyl sites for hydroxylation is 1. The van der Waals surface area contributed by atoms with Gasteiger partial charge in [-0.2, -0.15) is 0 Å². The molecule has 0 heterocycles. The second-order valence-electron chi connectivity index (χ2n) is 5.30. The van der Waals surface area contributed by atoms with Crippen LogP contribution >= 0.6 is 0 Å². The predicted octanol–water partition coefficient (Wildman–Crippen LogP) is 4.02. The van der Waals surface area contributed by atoms with E-state index in [4.69, 9.17) is 4.74 Å². The molecule has 0 saturated carbocycles. The number of fused-ring (bicyclic) bond motifs is 1. The van der Waals surface area contributed by atoms with Gasteiger partial charge in [0.05, 0.1) is 6.61 Å². The Morgan fingerprint density at radius 1 is 1.33 bits per heavy atom. The van der Waals surface area contributed by atoms with Crippen LogP contribution in [0.5, 0.6) is 5.75 Å². The quantitative estimate of drug-likeness (QED) is 0.784. The van der Waals surface area contributed by atoms with Gasteiger partial charge >= 0.3 is 0 Å². The molecule has 1 unspecified atom stereocenters. The van der Waals surface area contributed by atoms with Crippen LogP contribution in [0.2, 0.25) is 0 Å². The van der Waals surface area contributed by atoms with E-state index in [1.54, 1.807) is 0 Å². The third kappa shape index (κ3) is 3.12. The molecule has 18 heavy (non-hydrogen) atoms. The van der Waals surface area contributed by atoms with Crippen LogP contribution in [0.4, 0.5) is 0 Å². The van der Waals surface area contributed by atoms with Crippen molar-refractivity contribution in [3.63, 3.8) is 0 Å². The second kappa shape index (κ2) is 6.03. The first-order valence-electron chi connectivity index (χ1n) is 6.99. The van der Waals surface area contributed by atoms with Crippen molar-refractivity contribution in [1.29, 1.82) is 0 Å². The highest BCUT2D eigenvalue weighted by Crippen LogP contribution is 2.25. The molecule has 1 aliphatic rings. The maximum absolute atomic E-state index is 11.7. The molecule has 1 aromatic carbocycles. The van der Waals surface area contributed by atoms with Crippen molar-refractivity contribution in [2.24, 2.45) is 5.92 Å². The van der Waals surface area contributed by atoms with Crippen molar-refractivity contribution in [2.45, 2.75) is 46.0 Å². The maximum atomic E-state index is 11.7. The fourth-order valence-corrected chi connectivity index (χ4v) is 2.53. The SMILES string of the molecule is CCCC(C)COc1ccc2c(c1)CCCC2=O. The molecule has 1 aromatic rings. The molecule has 1 aliphatic carbocycles. The number of carbonyl (C=O) groups excluding carboxylic acids is 1. The Hall–Kier alpha value is -1.31. The van der Waals surface area contributed by atoms with Crippen LogP contribution in [0.25, 0.3) is 0 Å². The molecule has 2 nitrogen and oxygen atoms in total. The van der Waals surface area contributed by atoms with Crippen molar-refractivity contribution in [2.75, 3.05) is 6.61 Å². The topological polar surface area (TPSA) is 26.3 Å². The van der Waals surface area contributed by atoms with Gasteiger partial charge in [0, 0.05) is 12.0 Å². The Balaban J connectivity index is 2.00. The molecule has 0 fully saturated rings. The van der Waals surface area contributed by atoms with Crippen LogP contribution in [0, 0.1) is 5.92 Å². The lowest BCUT2D eigenvalue weighted by Gasteiger charge is -2.17. The van der Waals surface area contributed by atoms with Gasteiger partial charge in [0.1, 0.15) is 5.75 Å². The number of Topliss-reactive ketones (excluding diaryl/α,β-unsaturated/α-hetero) is 1. The van der Waals surface area contributed by atoms with Crippen molar-refractivity contribution >= 4 is 5.78 Å². The largest absolute Gasteiger partial charge is 0.493 e. The summed E-state index contributed by atoms with van der Waals surface area (Å²) in [5, 5.41) is 0. The molecule has 1 atom stereocenters. The zero-order valence-corrected chi connectivity index (χ0v) is 11.4. The minimum atomic E-state index is 0.280. The Labute approximate surface area is 109 Å². The van der Waals surface area contributed by atoms with Crippen LogP contribution in [0.1, 0.15) is 55.5 Å². The van der Waals surface area contributed by atoms with Crippen LogP contribution in [-0.4, -0.2) is 12.4 Å². The van der Waals surface area contributed by atoms with Crippen molar-refractivity contribution in [3.05, 3.63) is 29.3 Å². The average Bonchev–Trinajstić information content (AvgIpc) is 2.37. The van der Waals surface area contributed by atoms with Gasteiger partial charge in [0.2, 0.25) is 0 Å². The van der Waals surface area contributed by atoms with Crippen LogP contribution in [-0.2, 0) is 6.42 Å². The summed E-state index contributed by atoms with van der Waals surface area (Å²) in [6.07, 6.45) is 5.07. The first kappa shape index (κ1) is 13.1. The summed E-state index contributed by atoms with van der Waals surface area (Å²) in [6.45, 7) is 5.17. The zero-order valence-electron chi connectivity index (χ0n) is 11.4. The van der Waals surface area contributed by atoms with Crippen LogP contribution in [0.3, 0.4) is 0 Å². The Morgan fingerprint density at radius 3 is 2.94 bits per heavy atom. The van der Waals surface area contributed by atoms with Crippen molar-refractivity contribution in [1.82, 2.24) is 0 Å². The molecular formula is C16H22O2. The summed E-state index contributed by atoms with van der Waals surface area (Å²) in [7, 11) is 0. The predicted molar refractivity (Wildman–Crippen MR) is 73.3 cm³/mol. The molecule has 98 valence electrons. The minimum Gasteiger partial charge on any atom is -0.493 e. The van der Waals surface area contributed by atoms with Crippen LogP contribution in [0.15, 0.2) is 18.2 Å². The summed E-state index contributed by atoms with van der Waals surface area (Å²) in [6, 6.07) is 5.91. The lowest BCUT2D eigenvalue weighted by atomic mass is 9.90.